The number of anilines is 1. The zero-order valence-corrected chi connectivity index (χ0v) is 10.3. The molecule has 1 aromatic carbocycles. The van der Waals surface area contributed by atoms with Crippen LogP contribution in [0.2, 0.25) is 0 Å². The maximum Gasteiger partial charge on any atom is 0.235 e. The molecule has 0 unspecified atom stereocenters. The molecule has 1 aromatic rings. The van der Waals surface area contributed by atoms with Gasteiger partial charge in [-0.1, -0.05) is 25.5 Å². The van der Waals surface area contributed by atoms with E-state index in [1.165, 1.54) is 0 Å². The maximum atomic E-state index is 11.6. The van der Waals surface area contributed by atoms with Gasteiger partial charge >= 0.3 is 0 Å². The van der Waals surface area contributed by atoms with Gasteiger partial charge < -0.3 is 0 Å². The fourth-order valence-corrected chi connectivity index (χ4v) is 1.64. The van der Waals surface area contributed by atoms with Gasteiger partial charge in [-0.15, -0.1) is 0 Å². The topological polar surface area (TPSA) is 20.3 Å². The second-order valence-corrected chi connectivity index (χ2v) is 4.00. The first-order valence-corrected chi connectivity index (χ1v) is 5.67. The monoisotopic (exact) mass is 302 g/mol. The fraction of sp³-hybridized carbons (Fsp3) is 0.364. The molecule has 0 spiro atoms. The van der Waals surface area contributed by atoms with E-state index in [4.69, 9.17) is 0 Å². The van der Waals surface area contributed by atoms with Gasteiger partial charge in [-0.2, -0.15) is 0 Å². The van der Waals surface area contributed by atoms with E-state index < -0.39 is 0 Å². The quantitative estimate of drug-likeness (QED) is 0.617. The lowest BCUT2D eigenvalue weighted by atomic mass is 10.2. The van der Waals surface area contributed by atoms with Crippen molar-refractivity contribution in [3.8, 4) is 0 Å². The van der Waals surface area contributed by atoms with Crippen molar-refractivity contribution in [3.63, 3.8) is 0 Å². The molecule has 3 heteroatoms. The zero-order chi connectivity index (χ0) is 10.4. The minimum Gasteiger partial charge on any atom is -0.274 e. The van der Waals surface area contributed by atoms with Crippen molar-refractivity contribution >= 4 is 34.5 Å². The van der Waals surface area contributed by atoms with Gasteiger partial charge in [0.1, 0.15) is 0 Å². The van der Waals surface area contributed by atoms with Crippen LogP contribution in [-0.4, -0.2) is 5.91 Å². The number of amides is 1. The Kier molecular flexibility index (Phi) is 4.93. The third-order valence-corrected chi connectivity index (χ3v) is 2.99. The highest BCUT2D eigenvalue weighted by Gasteiger charge is 2.10. The van der Waals surface area contributed by atoms with Gasteiger partial charge in [0.05, 0.1) is 28.6 Å². The van der Waals surface area contributed by atoms with Gasteiger partial charge in [-0.25, -0.2) is 0 Å². The second kappa shape index (κ2) is 6.01. The van der Waals surface area contributed by atoms with Crippen LogP contribution in [-0.2, 0) is 4.79 Å². The molecule has 1 rings (SSSR count). The Morgan fingerprint density at radius 3 is 2.71 bits per heavy atom. The summed E-state index contributed by atoms with van der Waals surface area (Å²) in [5.74, 6) is 0.165. The molecule has 0 saturated carbocycles. The SMILES string of the molecule is CCCCC(=O)N(I)c1cc[c]cc1. The van der Waals surface area contributed by atoms with Gasteiger partial charge in [0, 0.05) is 6.42 Å². The first-order valence-electron chi connectivity index (χ1n) is 4.70. The Morgan fingerprint density at radius 1 is 1.50 bits per heavy atom. The van der Waals surface area contributed by atoms with Gasteiger partial charge in [0.15, 0.2) is 0 Å². The predicted molar refractivity (Wildman–Crippen MR) is 66.3 cm³/mol. The summed E-state index contributed by atoms with van der Waals surface area (Å²) in [6, 6.07) is 10.3. The Morgan fingerprint density at radius 2 is 2.14 bits per heavy atom. The first-order chi connectivity index (χ1) is 6.75. The summed E-state index contributed by atoms with van der Waals surface area (Å²) in [5.41, 5.74) is 0.922. The third kappa shape index (κ3) is 3.29. The van der Waals surface area contributed by atoms with Gasteiger partial charge in [0.2, 0.25) is 5.91 Å². The Labute approximate surface area is 98.8 Å². The van der Waals surface area contributed by atoms with E-state index in [0.717, 1.165) is 18.5 Å². The van der Waals surface area contributed by atoms with Crippen LogP contribution in [0.5, 0.6) is 0 Å². The lowest BCUT2D eigenvalue weighted by Crippen LogP contribution is -2.19. The minimum atomic E-state index is 0.165. The van der Waals surface area contributed by atoms with E-state index in [-0.39, 0.29) is 5.91 Å². The summed E-state index contributed by atoms with van der Waals surface area (Å²) in [6.07, 6.45) is 2.63. The number of nitrogens with zero attached hydrogens (tertiary/aromatic N) is 1. The molecule has 0 atom stereocenters. The fourth-order valence-electron chi connectivity index (χ4n) is 1.08. The van der Waals surface area contributed by atoms with E-state index in [1.807, 2.05) is 47.1 Å². The molecular formula is C11H13INO. The molecule has 0 N–H and O–H groups in total. The number of unbranched alkanes of at least 4 members (excludes halogenated alkanes) is 1. The molecular weight excluding hydrogens is 289 g/mol. The Hall–Kier alpha value is -0.580. The lowest BCUT2D eigenvalue weighted by molar-refractivity contribution is -0.117. The van der Waals surface area contributed by atoms with E-state index in [2.05, 4.69) is 13.0 Å². The molecule has 0 fully saturated rings. The lowest BCUT2D eigenvalue weighted by Gasteiger charge is -2.13. The normalized spacial score (nSPS) is 9.86. The molecule has 0 aliphatic heterocycles. The molecule has 14 heavy (non-hydrogen) atoms. The highest BCUT2D eigenvalue weighted by Crippen LogP contribution is 2.19. The summed E-state index contributed by atoms with van der Waals surface area (Å²) in [6.45, 7) is 2.09. The summed E-state index contributed by atoms with van der Waals surface area (Å²) in [5, 5.41) is 0. The number of hydrogen-bond donors (Lipinski definition) is 0. The number of halogens is 1. The van der Waals surface area contributed by atoms with Crippen molar-refractivity contribution in [1.29, 1.82) is 0 Å². The standard InChI is InChI=1S/C11H13INO/c1-2-3-9-11(14)13(12)10-7-5-4-6-8-10/h5-8H,2-3,9H2,1H3. The van der Waals surface area contributed by atoms with Gasteiger partial charge in [0.25, 0.3) is 0 Å². The number of benzene rings is 1. The second-order valence-electron chi connectivity index (χ2n) is 3.04. The molecule has 0 bridgehead atoms. The molecule has 2 nitrogen and oxygen atoms in total. The average molecular weight is 302 g/mol. The molecule has 0 saturated heterocycles. The summed E-state index contributed by atoms with van der Waals surface area (Å²) in [7, 11) is 0. The molecule has 75 valence electrons. The van der Waals surface area contributed by atoms with Crippen LogP contribution in [0.15, 0.2) is 24.3 Å². The van der Waals surface area contributed by atoms with E-state index in [9.17, 15) is 4.79 Å². The number of carbonyl (C=O) groups is 1. The van der Waals surface area contributed by atoms with Crippen LogP contribution in [0, 0.1) is 6.07 Å². The van der Waals surface area contributed by atoms with E-state index in [0.29, 0.717) is 6.42 Å². The summed E-state index contributed by atoms with van der Waals surface area (Å²) < 4.78 is 1.67. The van der Waals surface area contributed by atoms with Crippen LogP contribution in [0.25, 0.3) is 0 Å². The highest BCUT2D eigenvalue weighted by molar-refractivity contribution is 14.1. The minimum absolute atomic E-state index is 0.165. The number of carbonyl (C=O) groups excluding carboxylic acids is 1. The van der Waals surface area contributed by atoms with Crippen molar-refractivity contribution < 1.29 is 4.79 Å². The molecule has 1 radical (unpaired) electrons. The smallest absolute Gasteiger partial charge is 0.235 e. The van der Waals surface area contributed by atoms with Crippen LogP contribution in [0.4, 0.5) is 5.69 Å². The van der Waals surface area contributed by atoms with E-state index in [1.54, 1.807) is 3.11 Å². The van der Waals surface area contributed by atoms with Crippen LogP contribution in [0.3, 0.4) is 0 Å². The average Bonchev–Trinajstić information content (AvgIpc) is 2.26. The molecule has 0 aromatic heterocycles. The Balaban J connectivity index is 2.57. The van der Waals surface area contributed by atoms with Crippen LogP contribution < -0.4 is 3.11 Å². The summed E-state index contributed by atoms with van der Waals surface area (Å²) in [4.78, 5) is 11.6. The van der Waals surface area contributed by atoms with E-state index >= 15 is 0 Å². The van der Waals surface area contributed by atoms with Crippen molar-refractivity contribution in [2.24, 2.45) is 0 Å². The first kappa shape index (κ1) is 11.5. The predicted octanol–water partition coefficient (Wildman–Crippen LogP) is 3.36. The van der Waals surface area contributed by atoms with Gasteiger partial charge in [-0.05, 0) is 24.6 Å². The molecule has 0 aliphatic carbocycles. The number of hydrogen-bond acceptors (Lipinski definition) is 1. The summed E-state index contributed by atoms with van der Waals surface area (Å²) >= 11 is 2.04. The van der Waals surface area contributed by atoms with Crippen molar-refractivity contribution in [2.45, 2.75) is 26.2 Å². The van der Waals surface area contributed by atoms with Crippen LogP contribution >= 0.6 is 22.9 Å². The Bertz CT molecular complexity index is 287. The molecule has 1 amide bonds. The largest absolute Gasteiger partial charge is 0.274 e. The highest BCUT2D eigenvalue weighted by atomic mass is 127. The number of rotatable bonds is 4. The molecule has 0 aliphatic rings. The van der Waals surface area contributed by atoms with Crippen molar-refractivity contribution in [2.75, 3.05) is 3.11 Å². The molecule has 0 heterocycles. The maximum absolute atomic E-state index is 11.6. The van der Waals surface area contributed by atoms with Crippen molar-refractivity contribution in [1.82, 2.24) is 0 Å². The van der Waals surface area contributed by atoms with Gasteiger partial charge in [-0.3, -0.25) is 7.91 Å². The zero-order valence-electron chi connectivity index (χ0n) is 8.16. The van der Waals surface area contributed by atoms with Crippen LogP contribution in [0.1, 0.15) is 26.2 Å². The van der Waals surface area contributed by atoms with Crippen molar-refractivity contribution in [3.05, 3.63) is 30.3 Å². The third-order valence-electron chi connectivity index (χ3n) is 1.89.